The molecule has 0 aliphatic carbocycles. The Balaban J connectivity index is 4.26. The van der Waals surface area contributed by atoms with Crippen LogP contribution in [-0.4, -0.2) is 37.0 Å². The van der Waals surface area contributed by atoms with Gasteiger partial charge in [0.25, 0.3) is 0 Å². The molecule has 1 unspecified atom stereocenters. The minimum Gasteiger partial charge on any atom is -0.463 e. The van der Waals surface area contributed by atoms with Crippen LogP contribution in [0.25, 0.3) is 0 Å². The highest BCUT2D eigenvalue weighted by Gasteiger charge is 2.66. The summed E-state index contributed by atoms with van der Waals surface area (Å²) in [7, 11) is 0. The second-order valence-electron chi connectivity index (χ2n) is 5.13. The summed E-state index contributed by atoms with van der Waals surface area (Å²) in [6.07, 6.45) is -4.75. The molecule has 0 radical (unpaired) electrons. The number of rotatable bonds is 11. The number of hydrogen-bond donors (Lipinski definition) is 0. The first-order valence-electron chi connectivity index (χ1n) is 7.66. The molecule has 0 amide bonds. The standard InChI is InChI=1S/C15H20F6O4/c1-2-3-4-5-6-7-10-24-11(22)8-9-12(23)25-14(18,13(16)17)15(19,20)21/h8-9,13H,2-7,10H2,1H3/b9-8+. The second-order valence-corrected chi connectivity index (χ2v) is 5.13. The van der Waals surface area contributed by atoms with Gasteiger partial charge in [0, 0.05) is 12.2 Å². The molecule has 0 aliphatic rings. The summed E-state index contributed by atoms with van der Waals surface area (Å²) < 4.78 is 81.8. The first-order chi connectivity index (χ1) is 11.5. The third-order valence-electron chi connectivity index (χ3n) is 3.01. The predicted octanol–water partition coefficient (Wildman–Crippen LogP) is 4.48. The van der Waals surface area contributed by atoms with Gasteiger partial charge in [0.15, 0.2) is 0 Å². The maximum Gasteiger partial charge on any atom is 0.466 e. The fourth-order valence-electron chi connectivity index (χ4n) is 1.65. The lowest BCUT2D eigenvalue weighted by molar-refractivity contribution is -0.354. The second kappa shape index (κ2) is 11.0. The number of carbonyl (C=O) groups excluding carboxylic acids is 2. The molecule has 0 N–H and O–H groups in total. The maximum absolute atomic E-state index is 13.1. The molecular weight excluding hydrogens is 358 g/mol. The van der Waals surface area contributed by atoms with Crippen molar-refractivity contribution in [2.45, 2.75) is 63.9 Å². The molecule has 25 heavy (non-hydrogen) atoms. The lowest BCUT2D eigenvalue weighted by Gasteiger charge is -2.25. The van der Waals surface area contributed by atoms with Crippen LogP contribution >= 0.6 is 0 Å². The van der Waals surface area contributed by atoms with Crippen LogP contribution in [-0.2, 0) is 19.1 Å². The Labute approximate surface area is 141 Å². The van der Waals surface area contributed by atoms with Crippen molar-refractivity contribution >= 4 is 11.9 Å². The van der Waals surface area contributed by atoms with E-state index in [2.05, 4.69) is 16.4 Å². The van der Waals surface area contributed by atoms with Gasteiger partial charge in [-0.15, -0.1) is 0 Å². The molecule has 0 heterocycles. The van der Waals surface area contributed by atoms with Gasteiger partial charge in [-0.25, -0.2) is 18.4 Å². The van der Waals surface area contributed by atoms with Crippen LogP contribution in [0, 0.1) is 0 Å². The van der Waals surface area contributed by atoms with Crippen molar-refractivity contribution in [2.75, 3.05) is 6.61 Å². The zero-order chi connectivity index (χ0) is 19.5. The molecule has 0 fully saturated rings. The molecule has 1 atom stereocenters. The smallest absolute Gasteiger partial charge is 0.463 e. The average molecular weight is 378 g/mol. The van der Waals surface area contributed by atoms with Crippen LogP contribution in [0.1, 0.15) is 45.4 Å². The quantitative estimate of drug-likeness (QED) is 0.230. The van der Waals surface area contributed by atoms with Gasteiger partial charge in [-0.1, -0.05) is 39.0 Å². The monoisotopic (exact) mass is 378 g/mol. The number of esters is 2. The largest absolute Gasteiger partial charge is 0.466 e. The lowest BCUT2D eigenvalue weighted by Crippen LogP contribution is -2.50. The van der Waals surface area contributed by atoms with Gasteiger partial charge in [0.05, 0.1) is 6.61 Å². The molecule has 0 rings (SSSR count). The Morgan fingerprint density at radius 2 is 1.44 bits per heavy atom. The van der Waals surface area contributed by atoms with Crippen molar-refractivity contribution in [1.29, 1.82) is 0 Å². The number of alkyl halides is 6. The van der Waals surface area contributed by atoms with Crippen molar-refractivity contribution in [3.63, 3.8) is 0 Å². The Morgan fingerprint density at radius 1 is 0.920 bits per heavy atom. The minimum atomic E-state index is -6.12. The summed E-state index contributed by atoms with van der Waals surface area (Å²) in [5.74, 6) is -8.62. The fourth-order valence-corrected chi connectivity index (χ4v) is 1.65. The van der Waals surface area contributed by atoms with E-state index in [0.29, 0.717) is 12.5 Å². The number of halogens is 6. The topological polar surface area (TPSA) is 52.6 Å². The maximum atomic E-state index is 13.1. The summed E-state index contributed by atoms with van der Waals surface area (Å²) in [5, 5.41) is 0. The van der Waals surface area contributed by atoms with Crippen molar-refractivity contribution in [2.24, 2.45) is 0 Å². The predicted molar refractivity (Wildman–Crippen MR) is 75.5 cm³/mol. The van der Waals surface area contributed by atoms with Crippen molar-refractivity contribution < 1.29 is 45.4 Å². The summed E-state index contributed by atoms with van der Waals surface area (Å²) in [6, 6.07) is 0. The first kappa shape index (κ1) is 23.3. The molecular formula is C15H20F6O4. The van der Waals surface area contributed by atoms with Gasteiger partial charge in [0.2, 0.25) is 0 Å². The molecule has 0 aromatic rings. The van der Waals surface area contributed by atoms with E-state index in [1.165, 1.54) is 0 Å². The molecule has 0 bridgehead atoms. The highest BCUT2D eigenvalue weighted by atomic mass is 19.4. The van der Waals surface area contributed by atoms with Crippen LogP contribution in [0.4, 0.5) is 26.3 Å². The minimum absolute atomic E-state index is 0.0248. The Morgan fingerprint density at radius 3 is 1.96 bits per heavy atom. The summed E-state index contributed by atoms with van der Waals surface area (Å²) in [5.41, 5.74) is 0. The summed E-state index contributed by atoms with van der Waals surface area (Å²) >= 11 is 0. The summed E-state index contributed by atoms with van der Waals surface area (Å²) in [6.45, 7) is 2.08. The normalized spacial score (nSPS) is 14.6. The number of ether oxygens (including phenoxy) is 2. The number of hydrogen-bond acceptors (Lipinski definition) is 4. The van der Waals surface area contributed by atoms with Gasteiger partial charge >= 0.3 is 30.4 Å². The van der Waals surface area contributed by atoms with E-state index >= 15 is 0 Å². The molecule has 4 nitrogen and oxygen atoms in total. The number of carbonyl (C=O) groups is 2. The average Bonchev–Trinajstić information content (AvgIpc) is 2.50. The molecule has 10 heteroatoms. The molecule has 0 saturated carbocycles. The molecule has 0 aliphatic heterocycles. The highest BCUT2D eigenvalue weighted by molar-refractivity contribution is 5.91. The summed E-state index contributed by atoms with van der Waals surface area (Å²) in [4.78, 5) is 22.2. The van der Waals surface area contributed by atoms with Gasteiger partial charge in [-0.2, -0.15) is 17.6 Å². The van der Waals surface area contributed by atoms with Crippen LogP contribution in [0.2, 0.25) is 0 Å². The van der Waals surface area contributed by atoms with Crippen LogP contribution in [0.5, 0.6) is 0 Å². The van der Waals surface area contributed by atoms with E-state index in [0.717, 1.165) is 32.1 Å². The van der Waals surface area contributed by atoms with E-state index in [1.807, 2.05) is 0 Å². The van der Waals surface area contributed by atoms with Gasteiger partial charge in [-0.3, -0.25) is 0 Å². The molecule has 146 valence electrons. The van der Waals surface area contributed by atoms with Crippen molar-refractivity contribution in [3.05, 3.63) is 12.2 Å². The Kier molecular flexibility index (Phi) is 10.2. The zero-order valence-corrected chi connectivity index (χ0v) is 13.6. The Hall–Kier alpha value is -1.74. The highest BCUT2D eigenvalue weighted by Crippen LogP contribution is 2.40. The van der Waals surface area contributed by atoms with Gasteiger partial charge in [0.1, 0.15) is 0 Å². The van der Waals surface area contributed by atoms with E-state index in [4.69, 9.17) is 0 Å². The van der Waals surface area contributed by atoms with Crippen LogP contribution < -0.4 is 0 Å². The van der Waals surface area contributed by atoms with Gasteiger partial charge in [-0.05, 0) is 6.42 Å². The first-order valence-corrected chi connectivity index (χ1v) is 7.66. The molecule has 0 aromatic carbocycles. The third-order valence-corrected chi connectivity index (χ3v) is 3.01. The Bertz CT molecular complexity index is 450. The van der Waals surface area contributed by atoms with E-state index in [-0.39, 0.29) is 12.7 Å². The van der Waals surface area contributed by atoms with Crippen molar-refractivity contribution in [1.82, 2.24) is 0 Å². The van der Waals surface area contributed by atoms with E-state index in [1.54, 1.807) is 0 Å². The number of unbranched alkanes of at least 4 members (excludes halogenated alkanes) is 5. The van der Waals surface area contributed by atoms with E-state index < -0.39 is 30.4 Å². The molecule has 0 saturated heterocycles. The SMILES string of the molecule is CCCCCCCCOC(=O)/C=C/C(=O)OC(F)(C(F)F)C(F)(F)F. The van der Waals surface area contributed by atoms with Crippen molar-refractivity contribution in [3.8, 4) is 0 Å². The third kappa shape index (κ3) is 8.78. The zero-order valence-electron chi connectivity index (χ0n) is 13.6. The van der Waals surface area contributed by atoms with Crippen LogP contribution in [0.3, 0.4) is 0 Å². The fraction of sp³-hybridized carbons (Fsp3) is 0.733. The van der Waals surface area contributed by atoms with Crippen LogP contribution in [0.15, 0.2) is 12.2 Å². The van der Waals surface area contributed by atoms with E-state index in [9.17, 15) is 35.9 Å². The lowest BCUT2D eigenvalue weighted by atomic mass is 10.1. The molecule has 0 spiro atoms. The van der Waals surface area contributed by atoms with Gasteiger partial charge < -0.3 is 9.47 Å². The molecule has 0 aromatic heterocycles.